The predicted octanol–water partition coefficient (Wildman–Crippen LogP) is 3.89. The molecule has 1 aliphatic rings. The Morgan fingerprint density at radius 2 is 1.92 bits per heavy atom. The number of carbonyl (C=O) groups is 2. The largest absolute Gasteiger partial charge is 0.379 e. The number of carbonyl (C=O) groups excluding carboxylic acids is 2. The number of ketones is 2. The van der Waals surface area contributed by atoms with Crippen LogP contribution in [-0.2, 0) is 9.59 Å². The minimum absolute atomic E-state index is 0.128. The van der Waals surface area contributed by atoms with Gasteiger partial charge in [-0.05, 0) is 25.7 Å². The van der Waals surface area contributed by atoms with E-state index in [4.69, 9.17) is 0 Å². The van der Waals surface area contributed by atoms with Gasteiger partial charge in [0.1, 0.15) is 5.60 Å². The van der Waals surface area contributed by atoms with Crippen molar-refractivity contribution in [2.24, 2.45) is 11.8 Å². The fraction of sp³-hybridized carbons (Fsp3) is 0.714. The van der Waals surface area contributed by atoms with Gasteiger partial charge in [0.25, 0.3) is 0 Å². The molecule has 0 fully saturated rings. The van der Waals surface area contributed by atoms with E-state index >= 15 is 0 Å². The highest BCUT2D eigenvalue weighted by Gasteiger charge is 2.48. The SMILES string of the molecule is CCC(=O)C1=CN(CC(C)CC)C(C(C)=CC(C)CC)C(C)(O)C1=O. The van der Waals surface area contributed by atoms with Crippen molar-refractivity contribution in [3.05, 3.63) is 23.4 Å². The summed E-state index contributed by atoms with van der Waals surface area (Å²) in [6, 6.07) is -0.434. The molecule has 4 nitrogen and oxygen atoms in total. The first-order valence-electron chi connectivity index (χ1n) is 9.56. The van der Waals surface area contributed by atoms with Gasteiger partial charge < -0.3 is 10.0 Å². The van der Waals surface area contributed by atoms with Crippen molar-refractivity contribution < 1.29 is 14.7 Å². The molecule has 0 bridgehead atoms. The summed E-state index contributed by atoms with van der Waals surface area (Å²) in [4.78, 5) is 27.1. The van der Waals surface area contributed by atoms with Gasteiger partial charge in [-0.1, -0.05) is 59.1 Å². The highest BCUT2D eigenvalue weighted by atomic mass is 16.3. The van der Waals surface area contributed by atoms with Crippen molar-refractivity contribution in [3.63, 3.8) is 0 Å². The minimum atomic E-state index is -1.60. The Labute approximate surface area is 153 Å². The van der Waals surface area contributed by atoms with Crippen molar-refractivity contribution in [2.45, 2.75) is 79.4 Å². The molecule has 4 unspecified atom stereocenters. The summed E-state index contributed by atoms with van der Waals surface area (Å²) in [5, 5.41) is 11.1. The number of hydrogen-bond donors (Lipinski definition) is 1. The molecule has 1 heterocycles. The summed E-state index contributed by atoms with van der Waals surface area (Å²) in [6.07, 6.45) is 6.09. The molecule has 142 valence electrons. The maximum absolute atomic E-state index is 12.8. The Balaban J connectivity index is 3.43. The molecule has 1 N–H and O–H groups in total. The van der Waals surface area contributed by atoms with E-state index in [0.29, 0.717) is 18.4 Å². The molecular formula is C21H35NO3. The summed E-state index contributed by atoms with van der Waals surface area (Å²) >= 11 is 0. The second-order valence-corrected chi connectivity index (χ2v) is 7.71. The Hall–Kier alpha value is -1.42. The lowest BCUT2D eigenvalue weighted by molar-refractivity contribution is -0.140. The van der Waals surface area contributed by atoms with Gasteiger partial charge in [0.05, 0.1) is 11.6 Å². The Morgan fingerprint density at radius 1 is 1.32 bits per heavy atom. The van der Waals surface area contributed by atoms with Gasteiger partial charge in [-0.2, -0.15) is 0 Å². The topological polar surface area (TPSA) is 57.6 Å². The molecule has 1 rings (SSSR count). The van der Waals surface area contributed by atoms with Gasteiger partial charge in [-0.15, -0.1) is 0 Å². The first-order chi connectivity index (χ1) is 11.6. The zero-order valence-corrected chi connectivity index (χ0v) is 16.9. The number of Topliss-reactive ketones (excluding diaryl/α,β-unsaturated/α-hetero) is 2. The van der Waals surface area contributed by atoms with E-state index < -0.39 is 17.4 Å². The highest BCUT2D eigenvalue weighted by Crippen LogP contribution is 2.34. The van der Waals surface area contributed by atoms with Gasteiger partial charge in [-0.25, -0.2) is 0 Å². The van der Waals surface area contributed by atoms with Crippen LogP contribution in [0.25, 0.3) is 0 Å². The van der Waals surface area contributed by atoms with E-state index in [9.17, 15) is 14.7 Å². The zero-order valence-electron chi connectivity index (χ0n) is 16.9. The summed E-state index contributed by atoms with van der Waals surface area (Å²) in [7, 11) is 0. The van der Waals surface area contributed by atoms with E-state index in [1.807, 2.05) is 11.8 Å². The molecule has 4 heteroatoms. The number of aliphatic hydroxyl groups is 1. The summed E-state index contributed by atoms with van der Waals surface area (Å²) in [6.45, 7) is 14.5. The quantitative estimate of drug-likeness (QED) is 0.533. The molecular weight excluding hydrogens is 314 g/mol. The van der Waals surface area contributed by atoms with Gasteiger partial charge in [0.15, 0.2) is 5.78 Å². The van der Waals surface area contributed by atoms with Crippen molar-refractivity contribution in [1.29, 1.82) is 0 Å². The number of nitrogens with zero attached hydrogens (tertiary/aromatic N) is 1. The summed E-state index contributed by atoms with van der Waals surface area (Å²) in [5.74, 6) is 0.110. The van der Waals surface area contributed by atoms with Crippen LogP contribution >= 0.6 is 0 Å². The number of allylic oxidation sites excluding steroid dienone is 1. The molecule has 0 amide bonds. The smallest absolute Gasteiger partial charge is 0.201 e. The first-order valence-corrected chi connectivity index (χ1v) is 9.56. The van der Waals surface area contributed by atoms with Crippen LogP contribution in [0.1, 0.15) is 67.7 Å². The van der Waals surface area contributed by atoms with Crippen molar-refractivity contribution in [2.75, 3.05) is 6.54 Å². The molecule has 0 aromatic heterocycles. The molecule has 0 aromatic carbocycles. The lowest BCUT2D eigenvalue weighted by Crippen LogP contribution is -2.59. The van der Waals surface area contributed by atoms with Gasteiger partial charge in [0.2, 0.25) is 5.78 Å². The highest BCUT2D eigenvalue weighted by molar-refractivity contribution is 6.23. The maximum Gasteiger partial charge on any atom is 0.201 e. The molecule has 0 saturated carbocycles. The molecule has 25 heavy (non-hydrogen) atoms. The van der Waals surface area contributed by atoms with Crippen LogP contribution < -0.4 is 0 Å². The second-order valence-electron chi connectivity index (χ2n) is 7.71. The van der Waals surface area contributed by atoms with Crippen LogP contribution in [0.3, 0.4) is 0 Å². The van der Waals surface area contributed by atoms with Crippen molar-refractivity contribution in [3.8, 4) is 0 Å². The van der Waals surface area contributed by atoms with E-state index in [1.54, 1.807) is 20.0 Å². The molecule has 0 saturated heterocycles. The third-order valence-corrected chi connectivity index (χ3v) is 5.33. The molecule has 0 aliphatic carbocycles. The third-order valence-electron chi connectivity index (χ3n) is 5.33. The third kappa shape index (κ3) is 4.81. The Bertz CT molecular complexity index is 559. The van der Waals surface area contributed by atoms with Crippen LogP contribution in [0.4, 0.5) is 0 Å². The van der Waals surface area contributed by atoms with Gasteiger partial charge in [0, 0.05) is 19.2 Å². The van der Waals surface area contributed by atoms with E-state index in [1.165, 1.54) is 0 Å². The fourth-order valence-corrected chi connectivity index (χ4v) is 3.42. The normalized spacial score (nSPS) is 27.1. The maximum atomic E-state index is 12.8. The van der Waals surface area contributed by atoms with Crippen molar-refractivity contribution >= 4 is 11.6 Å². The minimum Gasteiger partial charge on any atom is -0.379 e. The molecule has 0 radical (unpaired) electrons. The lowest BCUT2D eigenvalue weighted by atomic mass is 9.78. The van der Waals surface area contributed by atoms with Gasteiger partial charge >= 0.3 is 0 Å². The predicted molar refractivity (Wildman–Crippen MR) is 102 cm³/mol. The second kappa shape index (κ2) is 8.79. The van der Waals surface area contributed by atoms with Crippen LogP contribution in [0.15, 0.2) is 23.4 Å². The van der Waals surface area contributed by atoms with E-state index in [2.05, 4.69) is 33.8 Å². The Kier molecular flexibility index (Phi) is 7.61. The standard InChI is InChI=1S/C21H35NO3/c1-8-14(4)11-16(6)19-21(7,25)20(24)17(18(23)10-3)13-22(19)12-15(5)9-2/h11,13-15,19,25H,8-10,12H2,1-7H3. The summed E-state index contributed by atoms with van der Waals surface area (Å²) < 4.78 is 0. The first kappa shape index (κ1) is 21.6. The molecule has 0 aromatic rings. The lowest BCUT2D eigenvalue weighted by Gasteiger charge is -2.45. The van der Waals surface area contributed by atoms with Crippen LogP contribution in [0, 0.1) is 11.8 Å². The van der Waals surface area contributed by atoms with Crippen LogP contribution in [0.5, 0.6) is 0 Å². The average Bonchev–Trinajstić information content (AvgIpc) is 2.56. The molecule has 4 atom stereocenters. The monoisotopic (exact) mass is 349 g/mol. The van der Waals surface area contributed by atoms with Crippen molar-refractivity contribution in [1.82, 2.24) is 4.90 Å². The van der Waals surface area contributed by atoms with Crippen LogP contribution in [0.2, 0.25) is 0 Å². The zero-order chi connectivity index (χ0) is 19.4. The Morgan fingerprint density at radius 3 is 2.40 bits per heavy atom. The molecule has 0 spiro atoms. The average molecular weight is 350 g/mol. The van der Waals surface area contributed by atoms with Gasteiger partial charge in [-0.3, -0.25) is 9.59 Å². The van der Waals surface area contributed by atoms with E-state index in [0.717, 1.165) is 18.4 Å². The van der Waals surface area contributed by atoms with E-state index in [-0.39, 0.29) is 17.8 Å². The molecule has 1 aliphatic heterocycles. The fourth-order valence-electron chi connectivity index (χ4n) is 3.42. The summed E-state index contributed by atoms with van der Waals surface area (Å²) in [5.41, 5.74) is -0.491. The number of rotatable bonds is 8. The number of hydrogen-bond acceptors (Lipinski definition) is 4. The van der Waals surface area contributed by atoms with Crippen LogP contribution in [-0.4, -0.2) is 39.8 Å².